The van der Waals surface area contributed by atoms with Crippen LogP contribution in [0.15, 0.2) is 0 Å². The minimum absolute atomic E-state index is 0.0556. The lowest BCUT2D eigenvalue weighted by atomic mass is 9.86. The molecule has 18 heavy (non-hydrogen) atoms. The number of carbonyl (C=O) groups excluding carboxylic acids is 2. The normalized spacial score (nSPS) is 21.1. The fraction of sp³-hybridized carbons (Fsp3) is 0.818. The van der Waals surface area contributed by atoms with Gasteiger partial charge in [0.2, 0.25) is 11.8 Å². The van der Waals surface area contributed by atoms with E-state index in [9.17, 15) is 18.4 Å². The van der Waals surface area contributed by atoms with Crippen molar-refractivity contribution in [2.75, 3.05) is 13.7 Å². The number of carbonyl (C=O) groups is 2. The van der Waals surface area contributed by atoms with E-state index >= 15 is 0 Å². The maximum absolute atomic E-state index is 12.9. The van der Waals surface area contributed by atoms with Gasteiger partial charge >= 0.3 is 5.97 Å². The lowest BCUT2D eigenvalue weighted by molar-refractivity contribution is -0.140. The van der Waals surface area contributed by atoms with E-state index in [0.29, 0.717) is 0 Å². The number of ether oxygens (including phenoxy) is 1. The summed E-state index contributed by atoms with van der Waals surface area (Å²) in [5, 5.41) is 1.52. The summed E-state index contributed by atoms with van der Waals surface area (Å²) >= 11 is 5.65. The molecule has 0 aromatic heterocycles. The third kappa shape index (κ3) is 4.40. The van der Waals surface area contributed by atoms with Crippen LogP contribution < -0.4 is 5.32 Å². The summed E-state index contributed by atoms with van der Waals surface area (Å²) in [5.41, 5.74) is 0. The van der Waals surface area contributed by atoms with Crippen LogP contribution in [0.25, 0.3) is 0 Å². The molecule has 7 heteroatoms. The molecule has 1 N–H and O–H groups in total. The lowest BCUT2D eigenvalue weighted by Gasteiger charge is -2.27. The van der Waals surface area contributed by atoms with Crippen molar-refractivity contribution in [1.82, 2.24) is 5.32 Å². The number of alkyl halides is 3. The van der Waals surface area contributed by atoms with E-state index in [1.54, 1.807) is 0 Å². The van der Waals surface area contributed by atoms with Gasteiger partial charge in [-0.15, -0.1) is 11.6 Å². The molecule has 1 atom stereocenters. The third-order valence-electron chi connectivity index (χ3n) is 3.00. The third-order valence-corrected chi connectivity index (χ3v) is 3.33. The average molecular weight is 284 g/mol. The van der Waals surface area contributed by atoms with Gasteiger partial charge in [-0.05, 0) is 12.8 Å². The minimum Gasteiger partial charge on any atom is -0.468 e. The summed E-state index contributed by atoms with van der Waals surface area (Å²) in [6.45, 7) is -0.0556. The molecular formula is C11H16ClF2NO3. The fourth-order valence-corrected chi connectivity index (χ4v) is 2.01. The number of rotatable bonds is 4. The van der Waals surface area contributed by atoms with E-state index in [0.717, 1.165) is 0 Å². The molecule has 1 aliphatic carbocycles. The van der Waals surface area contributed by atoms with Gasteiger partial charge in [-0.2, -0.15) is 0 Å². The van der Waals surface area contributed by atoms with Crippen molar-refractivity contribution in [3.05, 3.63) is 0 Å². The van der Waals surface area contributed by atoms with Crippen LogP contribution in [-0.4, -0.2) is 36.8 Å². The summed E-state index contributed by atoms with van der Waals surface area (Å²) in [7, 11) is 1.20. The Morgan fingerprint density at radius 1 is 1.44 bits per heavy atom. The van der Waals surface area contributed by atoms with Gasteiger partial charge in [-0.1, -0.05) is 0 Å². The van der Waals surface area contributed by atoms with Crippen LogP contribution >= 0.6 is 11.6 Å². The molecule has 0 heterocycles. The van der Waals surface area contributed by atoms with Gasteiger partial charge in [-0.25, -0.2) is 8.78 Å². The van der Waals surface area contributed by atoms with Crippen molar-refractivity contribution >= 4 is 23.5 Å². The Morgan fingerprint density at radius 2 is 2.00 bits per heavy atom. The first kappa shape index (κ1) is 15.1. The molecule has 0 spiro atoms. The van der Waals surface area contributed by atoms with Gasteiger partial charge in [0, 0.05) is 25.3 Å². The molecule has 1 aliphatic rings. The molecule has 0 aromatic rings. The van der Waals surface area contributed by atoms with Gasteiger partial charge < -0.3 is 10.1 Å². The van der Waals surface area contributed by atoms with Crippen molar-refractivity contribution in [2.45, 2.75) is 37.0 Å². The molecule has 0 saturated heterocycles. The van der Waals surface area contributed by atoms with Gasteiger partial charge in [0.05, 0.1) is 7.11 Å². The van der Waals surface area contributed by atoms with E-state index < -0.39 is 23.2 Å². The van der Waals surface area contributed by atoms with Crippen LogP contribution in [-0.2, 0) is 14.3 Å². The molecule has 4 nitrogen and oxygen atoms in total. The Labute approximate surface area is 109 Å². The van der Waals surface area contributed by atoms with Crippen LogP contribution in [0, 0.1) is 5.92 Å². The van der Waals surface area contributed by atoms with E-state index in [1.165, 1.54) is 7.11 Å². The zero-order valence-electron chi connectivity index (χ0n) is 10.0. The fourth-order valence-electron chi connectivity index (χ4n) is 1.85. The second-order valence-electron chi connectivity index (χ2n) is 4.37. The molecular weight excluding hydrogens is 268 g/mol. The number of hydrogen-bond acceptors (Lipinski definition) is 3. The Bertz CT molecular complexity index is 315. The van der Waals surface area contributed by atoms with Crippen molar-refractivity contribution in [3.8, 4) is 0 Å². The van der Waals surface area contributed by atoms with Gasteiger partial charge in [0.1, 0.15) is 5.38 Å². The smallest absolute Gasteiger partial charge is 0.325 e. The van der Waals surface area contributed by atoms with E-state index in [4.69, 9.17) is 11.6 Å². The highest BCUT2D eigenvalue weighted by Crippen LogP contribution is 2.36. The maximum Gasteiger partial charge on any atom is 0.325 e. The number of halogens is 3. The predicted octanol–water partition coefficient (Wildman–Crippen LogP) is 1.71. The SMILES string of the molecule is COC(=O)C(Cl)CNC(=O)C1CCC(F)(F)CC1. The monoisotopic (exact) mass is 283 g/mol. The second kappa shape index (κ2) is 6.31. The molecule has 1 amide bonds. The van der Waals surface area contributed by atoms with Crippen molar-refractivity contribution in [3.63, 3.8) is 0 Å². The van der Waals surface area contributed by atoms with Crippen molar-refractivity contribution < 1.29 is 23.1 Å². The summed E-state index contributed by atoms with van der Waals surface area (Å²) in [6, 6.07) is 0. The first-order valence-electron chi connectivity index (χ1n) is 5.73. The summed E-state index contributed by atoms with van der Waals surface area (Å²) < 4.78 is 30.2. The number of hydrogen-bond donors (Lipinski definition) is 1. The topological polar surface area (TPSA) is 55.4 Å². The van der Waals surface area contributed by atoms with Crippen LogP contribution in [0.2, 0.25) is 0 Å². The highest BCUT2D eigenvalue weighted by Gasteiger charge is 2.37. The summed E-state index contributed by atoms with van der Waals surface area (Å²) in [6.07, 6.45) is -0.229. The lowest BCUT2D eigenvalue weighted by Crippen LogP contribution is -2.40. The zero-order chi connectivity index (χ0) is 13.8. The van der Waals surface area contributed by atoms with Crippen LogP contribution in [0.4, 0.5) is 8.78 Å². The molecule has 1 fully saturated rings. The number of nitrogens with one attached hydrogen (secondary N) is 1. The average Bonchev–Trinajstić information content (AvgIpc) is 2.34. The molecule has 1 saturated carbocycles. The Morgan fingerprint density at radius 3 is 2.50 bits per heavy atom. The Kier molecular flexibility index (Phi) is 5.31. The highest BCUT2D eigenvalue weighted by molar-refractivity contribution is 6.30. The highest BCUT2D eigenvalue weighted by atomic mass is 35.5. The molecule has 0 aromatic carbocycles. The van der Waals surface area contributed by atoms with E-state index in [1.807, 2.05) is 0 Å². The molecule has 1 rings (SSSR count). The van der Waals surface area contributed by atoms with Crippen molar-refractivity contribution in [1.29, 1.82) is 0 Å². The Balaban J connectivity index is 2.32. The van der Waals surface area contributed by atoms with Crippen LogP contribution in [0.3, 0.4) is 0 Å². The molecule has 1 unspecified atom stereocenters. The summed E-state index contributed by atoms with van der Waals surface area (Å²) in [4.78, 5) is 22.6. The van der Waals surface area contributed by atoms with Crippen LogP contribution in [0.1, 0.15) is 25.7 Å². The minimum atomic E-state index is -2.65. The maximum atomic E-state index is 12.9. The van der Waals surface area contributed by atoms with Gasteiger partial charge in [-0.3, -0.25) is 9.59 Å². The van der Waals surface area contributed by atoms with Gasteiger partial charge in [0.25, 0.3) is 0 Å². The largest absolute Gasteiger partial charge is 0.468 e. The molecule has 0 radical (unpaired) electrons. The zero-order valence-corrected chi connectivity index (χ0v) is 10.8. The van der Waals surface area contributed by atoms with E-state index in [2.05, 4.69) is 10.1 Å². The first-order chi connectivity index (χ1) is 8.35. The second-order valence-corrected chi connectivity index (χ2v) is 4.89. The number of esters is 1. The van der Waals surface area contributed by atoms with E-state index in [-0.39, 0.29) is 38.1 Å². The standard InChI is InChI=1S/C11H16ClF2NO3/c1-18-10(17)8(12)6-15-9(16)7-2-4-11(13,14)5-3-7/h7-8H,2-6H2,1H3,(H,15,16). The number of methoxy groups -OCH3 is 1. The Hall–Kier alpha value is -0.910. The first-order valence-corrected chi connectivity index (χ1v) is 6.17. The predicted molar refractivity (Wildman–Crippen MR) is 61.6 cm³/mol. The summed E-state index contributed by atoms with van der Waals surface area (Å²) in [5.74, 6) is -4.05. The quantitative estimate of drug-likeness (QED) is 0.631. The number of amides is 1. The molecule has 104 valence electrons. The molecule has 0 aliphatic heterocycles. The van der Waals surface area contributed by atoms with Crippen LogP contribution in [0.5, 0.6) is 0 Å². The van der Waals surface area contributed by atoms with Gasteiger partial charge in [0.15, 0.2) is 0 Å². The molecule has 0 bridgehead atoms. The van der Waals surface area contributed by atoms with Crippen molar-refractivity contribution in [2.24, 2.45) is 5.92 Å².